The summed E-state index contributed by atoms with van der Waals surface area (Å²) < 4.78 is 54.3. The maximum atomic E-state index is 12.8. The van der Waals surface area contributed by atoms with Crippen LogP contribution in [0.5, 0.6) is 5.75 Å². The number of hydrogen-bond donors (Lipinski definition) is 1. The fourth-order valence-corrected chi connectivity index (χ4v) is 2.90. The summed E-state index contributed by atoms with van der Waals surface area (Å²) in [4.78, 5) is 11.5. The standard InChI is InChI=1S/C17H14F2N2O4S/c1-11(25-13-8-6-12(10-20)7-9-13)16(22)21-14-4-2-3-5-15(14)26(23,24)17(18)19/h2-9,11,17H,1H3,(H,21,22). The molecule has 0 saturated carbocycles. The first-order chi connectivity index (χ1) is 12.3. The molecule has 0 radical (unpaired) electrons. The van der Waals surface area contributed by atoms with E-state index in [0.717, 1.165) is 6.07 Å². The number of nitrogens with zero attached hydrogens (tertiary/aromatic N) is 1. The average Bonchev–Trinajstić information content (AvgIpc) is 2.62. The molecule has 0 aliphatic rings. The van der Waals surface area contributed by atoms with Crippen LogP contribution >= 0.6 is 0 Å². The molecule has 2 aromatic rings. The van der Waals surface area contributed by atoms with Crippen molar-refractivity contribution in [2.24, 2.45) is 0 Å². The molecule has 6 nitrogen and oxygen atoms in total. The van der Waals surface area contributed by atoms with Crippen molar-refractivity contribution in [2.75, 3.05) is 5.32 Å². The SMILES string of the molecule is CC(Oc1ccc(C#N)cc1)C(=O)Nc1ccccc1S(=O)(=O)C(F)F. The van der Waals surface area contributed by atoms with E-state index in [0.29, 0.717) is 11.3 Å². The lowest BCUT2D eigenvalue weighted by Gasteiger charge is -2.16. The molecule has 1 amide bonds. The third-order valence-corrected chi connectivity index (χ3v) is 4.79. The number of alkyl halides is 2. The zero-order valence-corrected chi connectivity index (χ0v) is 14.3. The number of sulfone groups is 1. The Morgan fingerprint density at radius 1 is 1.15 bits per heavy atom. The second-order valence-electron chi connectivity index (χ2n) is 5.19. The van der Waals surface area contributed by atoms with Crippen molar-refractivity contribution in [1.29, 1.82) is 5.26 Å². The summed E-state index contributed by atoms with van der Waals surface area (Å²) in [6.07, 6.45) is -1.04. The number of benzene rings is 2. The van der Waals surface area contributed by atoms with Gasteiger partial charge in [0.15, 0.2) is 6.10 Å². The van der Waals surface area contributed by atoms with Crippen LogP contribution in [0.15, 0.2) is 53.4 Å². The Morgan fingerprint density at radius 3 is 2.35 bits per heavy atom. The molecule has 2 rings (SSSR count). The van der Waals surface area contributed by atoms with E-state index in [1.54, 1.807) is 0 Å². The van der Waals surface area contributed by atoms with Gasteiger partial charge in [0.25, 0.3) is 5.91 Å². The summed E-state index contributed by atoms with van der Waals surface area (Å²) in [7, 11) is -4.86. The largest absolute Gasteiger partial charge is 0.481 e. The van der Waals surface area contributed by atoms with Crippen molar-refractivity contribution >= 4 is 21.4 Å². The zero-order valence-electron chi connectivity index (χ0n) is 13.5. The molecule has 136 valence electrons. The molecule has 0 spiro atoms. The highest BCUT2D eigenvalue weighted by Gasteiger charge is 2.30. The third kappa shape index (κ3) is 4.34. The number of ether oxygens (including phenoxy) is 1. The molecular formula is C17H14F2N2O4S. The van der Waals surface area contributed by atoms with Crippen LogP contribution in [0.25, 0.3) is 0 Å². The molecule has 0 saturated heterocycles. The minimum Gasteiger partial charge on any atom is -0.481 e. The Hall–Kier alpha value is -2.99. The Balaban J connectivity index is 2.16. The van der Waals surface area contributed by atoms with Crippen LogP contribution in [0.4, 0.5) is 14.5 Å². The molecule has 0 aromatic heterocycles. The van der Waals surface area contributed by atoms with Gasteiger partial charge in [-0.2, -0.15) is 14.0 Å². The quantitative estimate of drug-likeness (QED) is 0.831. The monoisotopic (exact) mass is 380 g/mol. The molecule has 0 fully saturated rings. The highest BCUT2D eigenvalue weighted by molar-refractivity contribution is 7.91. The lowest BCUT2D eigenvalue weighted by atomic mass is 10.2. The summed E-state index contributed by atoms with van der Waals surface area (Å²) in [5.74, 6) is -4.00. The highest BCUT2D eigenvalue weighted by atomic mass is 32.2. The second-order valence-corrected chi connectivity index (χ2v) is 7.07. The highest BCUT2D eigenvalue weighted by Crippen LogP contribution is 2.26. The van der Waals surface area contributed by atoms with Crippen LogP contribution in [0.3, 0.4) is 0 Å². The normalized spacial score (nSPS) is 12.3. The fourth-order valence-electron chi connectivity index (χ4n) is 2.01. The molecule has 1 unspecified atom stereocenters. The van der Waals surface area contributed by atoms with Crippen molar-refractivity contribution in [3.63, 3.8) is 0 Å². The molecule has 26 heavy (non-hydrogen) atoms. The zero-order chi connectivity index (χ0) is 19.3. The lowest BCUT2D eigenvalue weighted by molar-refractivity contribution is -0.122. The number of carbonyl (C=O) groups excluding carboxylic acids is 1. The molecule has 2 aromatic carbocycles. The maximum absolute atomic E-state index is 12.8. The average molecular weight is 380 g/mol. The first-order valence-corrected chi connectivity index (χ1v) is 8.89. The Bertz CT molecular complexity index is 938. The van der Waals surface area contributed by atoms with Gasteiger partial charge in [-0.3, -0.25) is 4.79 Å². The van der Waals surface area contributed by atoms with Gasteiger partial charge in [0.2, 0.25) is 9.84 Å². The van der Waals surface area contributed by atoms with Crippen molar-refractivity contribution < 1.29 is 26.7 Å². The fraction of sp³-hybridized carbons (Fsp3) is 0.176. The Kier molecular flexibility index (Phi) is 5.90. The molecule has 0 heterocycles. The third-order valence-electron chi connectivity index (χ3n) is 3.35. The number of halogens is 2. The number of hydrogen-bond acceptors (Lipinski definition) is 5. The van der Waals surface area contributed by atoms with Crippen LogP contribution in [0, 0.1) is 11.3 Å². The van der Waals surface area contributed by atoms with Crippen LogP contribution in [0.2, 0.25) is 0 Å². The van der Waals surface area contributed by atoms with Crippen molar-refractivity contribution in [2.45, 2.75) is 23.7 Å². The molecule has 1 N–H and O–H groups in total. The van der Waals surface area contributed by atoms with Gasteiger partial charge in [-0.1, -0.05) is 12.1 Å². The van der Waals surface area contributed by atoms with Gasteiger partial charge >= 0.3 is 5.76 Å². The van der Waals surface area contributed by atoms with E-state index in [1.807, 2.05) is 6.07 Å². The number of amides is 1. The van der Waals surface area contributed by atoms with Gasteiger partial charge in [0.1, 0.15) is 5.75 Å². The number of anilines is 1. The van der Waals surface area contributed by atoms with Gasteiger partial charge in [-0.25, -0.2) is 8.42 Å². The van der Waals surface area contributed by atoms with Crippen LogP contribution in [0.1, 0.15) is 12.5 Å². The molecule has 9 heteroatoms. The van der Waals surface area contributed by atoms with E-state index in [-0.39, 0.29) is 5.69 Å². The number of nitriles is 1. The molecular weight excluding hydrogens is 366 g/mol. The second kappa shape index (κ2) is 7.93. The van der Waals surface area contributed by atoms with Crippen molar-refractivity contribution in [3.8, 4) is 11.8 Å². The van der Waals surface area contributed by atoms with Gasteiger partial charge in [0.05, 0.1) is 22.2 Å². The minimum absolute atomic E-state index is 0.256. The van der Waals surface area contributed by atoms with E-state index in [9.17, 15) is 22.0 Å². The van der Waals surface area contributed by atoms with Gasteiger partial charge in [0, 0.05) is 0 Å². The van der Waals surface area contributed by atoms with E-state index < -0.39 is 32.5 Å². The molecule has 0 aliphatic heterocycles. The topological polar surface area (TPSA) is 96.3 Å². The summed E-state index contributed by atoms with van der Waals surface area (Å²) in [5, 5.41) is 11.0. The van der Waals surface area contributed by atoms with Gasteiger partial charge in [-0.05, 0) is 43.3 Å². The summed E-state index contributed by atoms with van der Waals surface area (Å²) >= 11 is 0. The molecule has 0 aliphatic carbocycles. The summed E-state index contributed by atoms with van der Waals surface area (Å²) in [6.45, 7) is 1.41. The summed E-state index contributed by atoms with van der Waals surface area (Å²) in [5.41, 5.74) is 0.161. The van der Waals surface area contributed by atoms with Crippen molar-refractivity contribution in [3.05, 3.63) is 54.1 Å². The van der Waals surface area contributed by atoms with E-state index in [1.165, 1.54) is 49.4 Å². The van der Waals surface area contributed by atoms with Crippen LogP contribution in [-0.4, -0.2) is 26.2 Å². The first-order valence-electron chi connectivity index (χ1n) is 7.34. The van der Waals surface area contributed by atoms with Crippen LogP contribution in [-0.2, 0) is 14.6 Å². The van der Waals surface area contributed by atoms with E-state index >= 15 is 0 Å². The Labute approximate surface area is 148 Å². The molecule has 1 atom stereocenters. The van der Waals surface area contributed by atoms with E-state index in [2.05, 4.69) is 5.32 Å². The lowest BCUT2D eigenvalue weighted by Crippen LogP contribution is -2.31. The molecule has 0 bridgehead atoms. The minimum atomic E-state index is -4.86. The predicted molar refractivity (Wildman–Crippen MR) is 89.5 cm³/mol. The number of nitrogens with one attached hydrogen (secondary N) is 1. The van der Waals surface area contributed by atoms with Crippen molar-refractivity contribution in [1.82, 2.24) is 0 Å². The summed E-state index contributed by atoms with van der Waals surface area (Å²) in [6, 6.07) is 12.8. The van der Waals surface area contributed by atoms with Gasteiger partial charge in [-0.15, -0.1) is 0 Å². The number of para-hydroxylation sites is 1. The maximum Gasteiger partial charge on any atom is 0.341 e. The first kappa shape index (κ1) is 19.3. The van der Waals surface area contributed by atoms with E-state index in [4.69, 9.17) is 10.00 Å². The smallest absolute Gasteiger partial charge is 0.341 e. The van der Waals surface area contributed by atoms with Gasteiger partial charge < -0.3 is 10.1 Å². The predicted octanol–water partition coefficient (Wildman–Crippen LogP) is 2.96. The Morgan fingerprint density at radius 2 is 1.77 bits per heavy atom. The number of rotatable bonds is 6. The number of carbonyl (C=O) groups is 1. The van der Waals surface area contributed by atoms with Crippen LogP contribution < -0.4 is 10.1 Å².